The van der Waals surface area contributed by atoms with Gasteiger partial charge in [0.05, 0.1) is 18.1 Å². The van der Waals surface area contributed by atoms with Gasteiger partial charge < -0.3 is 19.2 Å². The van der Waals surface area contributed by atoms with E-state index in [4.69, 9.17) is 14.7 Å². The van der Waals surface area contributed by atoms with Crippen molar-refractivity contribution < 1.29 is 4.74 Å². The summed E-state index contributed by atoms with van der Waals surface area (Å²) in [5.41, 5.74) is 9.23. The van der Waals surface area contributed by atoms with Gasteiger partial charge in [-0.25, -0.2) is 9.97 Å². The number of hydrogen-bond acceptors (Lipinski definition) is 4. The van der Waals surface area contributed by atoms with E-state index in [0.717, 1.165) is 71.0 Å². The van der Waals surface area contributed by atoms with Crippen LogP contribution in [0.25, 0.3) is 22.8 Å². The van der Waals surface area contributed by atoms with Crippen LogP contribution in [-0.4, -0.2) is 19.1 Å². The summed E-state index contributed by atoms with van der Waals surface area (Å²) in [5.74, 6) is 3.68. The molecule has 0 unspecified atom stereocenters. The monoisotopic (exact) mass is 411 g/mol. The van der Waals surface area contributed by atoms with E-state index in [9.17, 15) is 0 Å². The van der Waals surface area contributed by atoms with Crippen molar-refractivity contribution in [1.82, 2.24) is 19.1 Å². The van der Waals surface area contributed by atoms with Crippen LogP contribution in [-0.2, 0) is 19.6 Å². The van der Waals surface area contributed by atoms with Crippen molar-refractivity contribution in [2.75, 3.05) is 5.32 Å². The molecule has 0 aliphatic carbocycles. The van der Waals surface area contributed by atoms with Crippen LogP contribution in [0.15, 0.2) is 36.7 Å². The van der Waals surface area contributed by atoms with Crippen LogP contribution in [0.2, 0.25) is 0 Å². The molecular weight excluding hydrogens is 386 g/mol. The SMILES string of the molecule is Cc1cn2c(n1)-c1cc(Oc3cc(C)c4c(c3)-c3nc(C)cn3CN4)cc(C)c1CC2. The highest BCUT2D eigenvalue weighted by molar-refractivity contribution is 5.80. The Bertz CT molecular complexity index is 1260. The molecule has 6 heteroatoms. The van der Waals surface area contributed by atoms with Crippen molar-refractivity contribution in [2.24, 2.45) is 0 Å². The lowest BCUT2D eigenvalue weighted by Crippen LogP contribution is -2.16. The van der Waals surface area contributed by atoms with Gasteiger partial charge in [-0.3, -0.25) is 0 Å². The normalized spacial score (nSPS) is 13.7. The van der Waals surface area contributed by atoms with Gasteiger partial charge in [-0.15, -0.1) is 0 Å². The van der Waals surface area contributed by atoms with E-state index in [1.165, 1.54) is 16.7 Å². The first-order valence-corrected chi connectivity index (χ1v) is 10.7. The van der Waals surface area contributed by atoms with Crippen LogP contribution in [0.1, 0.15) is 28.1 Å². The number of rotatable bonds is 2. The van der Waals surface area contributed by atoms with Crippen LogP contribution < -0.4 is 10.1 Å². The second-order valence-corrected chi connectivity index (χ2v) is 8.69. The lowest BCUT2D eigenvalue weighted by molar-refractivity contribution is 0.481. The highest BCUT2D eigenvalue weighted by Gasteiger charge is 2.23. The highest BCUT2D eigenvalue weighted by Crippen LogP contribution is 2.40. The van der Waals surface area contributed by atoms with Crippen LogP contribution in [0.5, 0.6) is 11.5 Å². The van der Waals surface area contributed by atoms with Gasteiger partial charge in [0.1, 0.15) is 23.1 Å². The van der Waals surface area contributed by atoms with E-state index in [1.54, 1.807) is 0 Å². The van der Waals surface area contributed by atoms with Crippen molar-refractivity contribution >= 4 is 5.69 Å². The Morgan fingerprint density at radius 3 is 2.23 bits per heavy atom. The first-order valence-electron chi connectivity index (χ1n) is 10.7. The Morgan fingerprint density at radius 1 is 0.806 bits per heavy atom. The number of benzene rings is 2. The molecule has 0 bridgehead atoms. The highest BCUT2D eigenvalue weighted by atomic mass is 16.5. The van der Waals surface area contributed by atoms with E-state index in [2.05, 4.69) is 65.0 Å². The molecule has 6 nitrogen and oxygen atoms in total. The van der Waals surface area contributed by atoms with Crippen LogP contribution in [0.4, 0.5) is 5.69 Å². The minimum atomic E-state index is 0.736. The van der Waals surface area contributed by atoms with Gasteiger partial charge >= 0.3 is 0 Å². The molecule has 156 valence electrons. The van der Waals surface area contributed by atoms with Crippen LogP contribution >= 0.6 is 0 Å². The number of fused-ring (bicyclic) bond motifs is 6. The third-order valence-corrected chi connectivity index (χ3v) is 6.30. The summed E-state index contributed by atoms with van der Waals surface area (Å²) in [5, 5.41) is 3.51. The Morgan fingerprint density at radius 2 is 1.45 bits per heavy atom. The summed E-state index contributed by atoms with van der Waals surface area (Å²) >= 11 is 0. The second-order valence-electron chi connectivity index (χ2n) is 8.69. The first-order chi connectivity index (χ1) is 15.0. The first kappa shape index (κ1) is 18.2. The molecule has 2 aliphatic heterocycles. The number of aryl methyl sites for hydroxylation is 5. The topological polar surface area (TPSA) is 56.9 Å². The van der Waals surface area contributed by atoms with E-state index in [-0.39, 0.29) is 0 Å². The Hall–Kier alpha value is -3.54. The lowest BCUT2D eigenvalue weighted by atomic mass is 9.95. The summed E-state index contributed by atoms with van der Waals surface area (Å²) in [6.07, 6.45) is 5.23. The fourth-order valence-electron chi connectivity index (χ4n) is 4.95. The largest absolute Gasteiger partial charge is 0.457 e. The average molecular weight is 412 g/mol. The number of anilines is 1. The van der Waals surface area contributed by atoms with Crippen LogP contribution in [0, 0.1) is 27.7 Å². The van der Waals surface area contributed by atoms with Crippen molar-refractivity contribution in [1.29, 1.82) is 0 Å². The number of ether oxygens (including phenoxy) is 1. The molecule has 0 atom stereocenters. The minimum absolute atomic E-state index is 0.736. The van der Waals surface area contributed by atoms with E-state index < -0.39 is 0 Å². The molecule has 0 saturated heterocycles. The molecule has 0 radical (unpaired) electrons. The van der Waals surface area contributed by atoms with Gasteiger partial charge in [-0.2, -0.15) is 0 Å². The maximum atomic E-state index is 6.41. The number of nitrogens with one attached hydrogen (secondary N) is 1. The number of aromatic nitrogens is 4. The summed E-state index contributed by atoms with van der Waals surface area (Å²) in [7, 11) is 0. The molecule has 2 aliphatic rings. The quantitative estimate of drug-likeness (QED) is 0.481. The summed E-state index contributed by atoms with van der Waals surface area (Å²) in [4.78, 5) is 9.51. The zero-order valence-corrected chi connectivity index (χ0v) is 18.3. The van der Waals surface area contributed by atoms with Gasteiger partial charge in [0.25, 0.3) is 0 Å². The zero-order chi connectivity index (χ0) is 21.3. The zero-order valence-electron chi connectivity index (χ0n) is 18.3. The maximum Gasteiger partial charge on any atom is 0.143 e. The van der Waals surface area contributed by atoms with Gasteiger partial charge in [0.15, 0.2) is 0 Å². The lowest BCUT2D eigenvalue weighted by Gasteiger charge is -2.23. The molecule has 0 spiro atoms. The fraction of sp³-hybridized carbons (Fsp3) is 0.280. The minimum Gasteiger partial charge on any atom is -0.457 e. The van der Waals surface area contributed by atoms with Crippen molar-refractivity contribution in [2.45, 2.75) is 47.3 Å². The maximum absolute atomic E-state index is 6.41. The molecule has 2 aromatic heterocycles. The molecule has 4 aromatic rings. The third-order valence-electron chi connectivity index (χ3n) is 6.30. The fourth-order valence-corrected chi connectivity index (χ4v) is 4.95. The van der Waals surface area contributed by atoms with Gasteiger partial charge in [0.2, 0.25) is 0 Å². The second kappa shape index (κ2) is 6.48. The Kier molecular flexibility index (Phi) is 3.81. The van der Waals surface area contributed by atoms with Crippen molar-refractivity contribution in [3.63, 3.8) is 0 Å². The Balaban J connectivity index is 1.42. The molecule has 0 fully saturated rings. The molecule has 2 aromatic carbocycles. The number of nitrogens with zero attached hydrogens (tertiary/aromatic N) is 4. The Labute approximate surface area is 181 Å². The summed E-state index contributed by atoms with van der Waals surface area (Å²) < 4.78 is 10.8. The van der Waals surface area contributed by atoms with Gasteiger partial charge in [-0.1, -0.05) is 0 Å². The molecule has 4 heterocycles. The molecule has 6 rings (SSSR count). The van der Waals surface area contributed by atoms with Gasteiger partial charge in [-0.05, 0) is 75.1 Å². The summed E-state index contributed by atoms with van der Waals surface area (Å²) in [6.45, 7) is 10.1. The van der Waals surface area contributed by atoms with E-state index in [0.29, 0.717) is 0 Å². The molecular formula is C25H25N5O. The predicted octanol–water partition coefficient (Wildman–Crippen LogP) is 5.38. The molecule has 0 saturated carbocycles. The standard InChI is InChI=1S/C25H25N5O/c1-14-7-18(9-21-20(14)5-6-29-11-16(3)27-24(21)29)31-19-8-15(2)23-22(10-19)25-28-17(4)12-30(25)13-26-23/h7-12,26H,5-6,13H2,1-4H3. The van der Waals surface area contributed by atoms with Crippen LogP contribution in [0.3, 0.4) is 0 Å². The number of imidazole rings is 2. The number of hydrogen-bond donors (Lipinski definition) is 1. The third kappa shape index (κ3) is 2.86. The molecule has 31 heavy (non-hydrogen) atoms. The van der Waals surface area contributed by atoms with E-state index >= 15 is 0 Å². The smallest absolute Gasteiger partial charge is 0.143 e. The molecule has 0 amide bonds. The van der Waals surface area contributed by atoms with Crippen molar-refractivity contribution in [3.8, 4) is 34.3 Å². The van der Waals surface area contributed by atoms with Gasteiger partial charge in [0, 0.05) is 35.8 Å². The van der Waals surface area contributed by atoms with E-state index in [1.807, 2.05) is 13.8 Å². The average Bonchev–Trinajstić information content (AvgIpc) is 3.29. The van der Waals surface area contributed by atoms with Crippen molar-refractivity contribution in [3.05, 3.63) is 64.7 Å². The summed E-state index contributed by atoms with van der Waals surface area (Å²) in [6, 6.07) is 8.46. The molecule has 1 N–H and O–H groups in total. The predicted molar refractivity (Wildman–Crippen MR) is 122 cm³/mol.